The van der Waals surface area contributed by atoms with Crippen LogP contribution in [0.5, 0.6) is 0 Å². The molecule has 0 saturated carbocycles. The highest BCUT2D eigenvalue weighted by atomic mass is 16.3. The fourth-order valence-corrected chi connectivity index (χ4v) is 3.69. The van der Waals surface area contributed by atoms with Crippen molar-refractivity contribution in [3.05, 3.63) is 46.8 Å². The molecule has 0 unspecified atom stereocenters. The Morgan fingerprint density at radius 1 is 1.10 bits per heavy atom. The fourth-order valence-electron chi connectivity index (χ4n) is 3.69. The van der Waals surface area contributed by atoms with E-state index in [1.54, 1.807) is 0 Å². The average Bonchev–Trinajstić information content (AvgIpc) is 2.70. The third kappa shape index (κ3) is 5.10. The predicted molar refractivity (Wildman–Crippen MR) is 122 cm³/mol. The maximum atomic E-state index is 10.3. The van der Waals surface area contributed by atoms with E-state index in [1.165, 1.54) is 11.1 Å². The van der Waals surface area contributed by atoms with E-state index < -0.39 is 5.60 Å². The number of hydrogen-bond acceptors (Lipinski definition) is 6. The summed E-state index contributed by atoms with van der Waals surface area (Å²) in [5, 5.41) is 23.4. The van der Waals surface area contributed by atoms with Crippen LogP contribution in [0.4, 0.5) is 11.6 Å². The van der Waals surface area contributed by atoms with Gasteiger partial charge in [-0.2, -0.15) is 0 Å². The summed E-state index contributed by atoms with van der Waals surface area (Å²) in [4.78, 5) is 11.8. The van der Waals surface area contributed by atoms with E-state index in [9.17, 15) is 10.2 Å². The standard InChI is InChI=1S/C24H36N4O2/c1-15(2)20(14-29)25-21-12-22(27-23(26-21)16(3)4)28-10-9-17-11-19(24(5,6)30)8-7-18(17)13-28/h7-8,11-12,15-16,20,29-30H,9-10,13-14H2,1-6H3,(H,25,26,27)/t20-/m1/s1. The first-order chi connectivity index (χ1) is 14.1. The van der Waals surface area contributed by atoms with E-state index >= 15 is 0 Å². The number of aliphatic hydroxyl groups excluding tert-OH is 1. The molecule has 3 rings (SSSR count). The normalized spacial score (nSPS) is 15.5. The van der Waals surface area contributed by atoms with Gasteiger partial charge in [0.2, 0.25) is 0 Å². The van der Waals surface area contributed by atoms with Crippen LogP contribution in [0.2, 0.25) is 0 Å². The van der Waals surface area contributed by atoms with Gasteiger partial charge in [0.25, 0.3) is 0 Å². The van der Waals surface area contributed by atoms with E-state index in [-0.39, 0.29) is 18.6 Å². The first kappa shape index (κ1) is 22.5. The lowest BCUT2D eigenvalue weighted by Gasteiger charge is -2.32. The largest absolute Gasteiger partial charge is 0.394 e. The Labute approximate surface area is 180 Å². The van der Waals surface area contributed by atoms with Crippen molar-refractivity contribution in [2.45, 2.75) is 72.1 Å². The molecular weight excluding hydrogens is 376 g/mol. The maximum Gasteiger partial charge on any atom is 0.135 e. The molecule has 0 aliphatic carbocycles. The highest BCUT2D eigenvalue weighted by Gasteiger charge is 2.23. The third-order valence-electron chi connectivity index (χ3n) is 5.83. The molecule has 0 spiro atoms. The third-order valence-corrected chi connectivity index (χ3v) is 5.83. The second-order valence-corrected chi connectivity index (χ2v) is 9.52. The van der Waals surface area contributed by atoms with Crippen molar-refractivity contribution in [3.63, 3.8) is 0 Å². The Bertz CT molecular complexity index is 874. The summed E-state index contributed by atoms with van der Waals surface area (Å²) in [6, 6.07) is 8.22. The first-order valence-electron chi connectivity index (χ1n) is 10.9. The molecule has 0 amide bonds. The van der Waals surface area contributed by atoms with Crippen LogP contribution >= 0.6 is 0 Å². The number of nitrogens with zero attached hydrogens (tertiary/aromatic N) is 3. The lowest BCUT2D eigenvalue weighted by Crippen LogP contribution is -2.33. The topological polar surface area (TPSA) is 81.5 Å². The quantitative estimate of drug-likeness (QED) is 0.641. The molecule has 0 radical (unpaired) electrons. The second-order valence-electron chi connectivity index (χ2n) is 9.52. The Kier molecular flexibility index (Phi) is 6.68. The summed E-state index contributed by atoms with van der Waals surface area (Å²) in [5.41, 5.74) is 2.69. The molecule has 0 bridgehead atoms. The second kappa shape index (κ2) is 8.90. The zero-order valence-corrected chi connectivity index (χ0v) is 19.1. The molecular formula is C24H36N4O2. The van der Waals surface area contributed by atoms with Crippen LogP contribution in [0.1, 0.15) is 70.0 Å². The molecule has 164 valence electrons. The minimum absolute atomic E-state index is 0.0462. The van der Waals surface area contributed by atoms with Gasteiger partial charge in [0.1, 0.15) is 17.5 Å². The molecule has 1 aromatic carbocycles. The van der Waals surface area contributed by atoms with Crippen molar-refractivity contribution in [1.29, 1.82) is 0 Å². The molecule has 6 heteroatoms. The Morgan fingerprint density at radius 2 is 1.83 bits per heavy atom. The number of rotatable bonds is 7. The molecule has 1 aliphatic rings. The molecule has 0 fully saturated rings. The lowest BCUT2D eigenvalue weighted by atomic mass is 9.91. The predicted octanol–water partition coefficient (Wildman–Crippen LogP) is 3.82. The summed E-state index contributed by atoms with van der Waals surface area (Å²) in [7, 11) is 0. The number of aliphatic hydroxyl groups is 2. The highest BCUT2D eigenvalue weighted by molar-refractivity contribution is 5.52. The number of benzene rings is 1. The number of anilines is 2. The monoisotopic (exact) mass is 412 g/mol. The zero-order valence-electron chi connectivity index (χ0n) is 19.1. The van der Waals surface area contributed by atoms with Crippen LogP contribution in [-0.4, -0.2) is 39.4 Å². The van der Waals surface area contributed by atoms with Gasteiger partial charge in [-0.05, 0) is 42.9 Å². The fraction of sp³-hybridized carbons (Fsp3) is 0.583. The Hall–Kier alpha value is -2.18. The van der Waals surface area contributed by atoms with Gasteiger partial charge in [-0.3, -0.25) is 0 Å². The van der Waals surface area contributed by atoms with Crippen LogP contribution in [0.15, 0.2) is 24.3 Å². The van der Waals surface area contributed by atoms with Crippen molar-refractivity contribution in [2.24, 2.45) is 5.92 Å². The van der Waals surface area contributed by atoms with Crippen molar-refractivity contribution in [2.75, 3.05) is 23.4 Å². The van der Waals surface area contributed by atoms with Crippen molar-refractivity contribution in [1.82, 2.24) is 9.97 Å². The number of nitrogens with one attached hydrogen (secondary N) is 1. The van der Waals surface area contributed by atoms with Gasteiger partial charge in [-0.15, -0.1) is 0 Å². The smallest absolute Gasteiger partial charge is 0.135 e. The Morgan fingerprint density at radius 3 is 2.43 bits per heavy atom. The van der Waals surface area contributed by atoms with Gasteiger partial charge in [-0.25, -0.2) is 9.97 Å². The summed E-state index contributed by atoms with van der Waals surface area (Å²) in [6.07, 6.45) is 0.911. The van der Waals surface area contributed by atoms with Gasteiger partial charge in [0.05, 0.1) is 18.2 Å². The summed E-state index contributed by atoms with van der Waals surface area (Å²) < 4.78 is 0. The van der Waals surface area contributed by atoms with Crippen LogP contribution in [0, 0.1) is 5.92 Å². The summed E-state index contributed by atoms with van der Waals surface area (Å²) in [5.74, 6) is 2.98. The van der Waals surface area contributed by atoms with Crippen LogP contribution in [0.3, 0.4) is 0 Å². The molecule has 6 nitrogen and oxygen atoms in total. The lowest BCUT2D eigenvalue weighted by molar-refractivity contribution is 0.0785. The maximum absolute atomic E-state index is 10.3. The van der Waals surface area contributed by atoms with Gasteiger partial charge < -0.3 is 20.4 Å². The summed E-state index contributed by atoms with van der Waals surface area (Å²) in [6.45, 7) is 13.7. The average molecular weight is 413 g/mol. The van der Waals surface area contributed by atoms with Crippen LogP contribution in [-0.2, 0) is 18.6 Å². The number of hydrogen-bond donors (Lipinski definition) is 3. The molecule has 30 heavy (non-hydrogen) atoms. The van der Waals surface area contributed by atoms with Gasteiger partial charge in [0, 0.05) is 25.1 Å². The molecule has 3 N–H and O–H groups in total. The Balaban J connectivity index is 1.88. The van der Waals surface area contributed by atoms with E-state index in [1.807, 2.05) is 26.0 Å². The summed E-state index contributed by atoms with van der Waals surface area (Å²) >= 11 is 0. The molecule has 2 heterocycles. The van der Waals surface area contributed by atoms with Gasteiger partial charge in [0.15, 0.2) is 0 Å². The minimum atomic E-state index is -0.828. The number of fused-ring (bicyclic) bond motifs is 1. The van der Waals surface area contributed by atoms with E-state index in [4.69, 9.17) is 9.97 Å². The van der Waals surface area contributed by atoms with Crippen LogP contribution in [0.25, 0.3) is 0 Å². The minimum Gasteiger partial charge on any atom is -0.394 e. The van der Waals surface area contributed by atoms with Crippen molar-refractivity contribution >= 4 is 11.6 Å². The highest BCUT2D eigenvalue weighted by Crippen LogP contribution is 2.29. The van der Waals surface area contributed by atoms with Crippen LogP contribution < -0.4 is 10.2 Å². The zero-order chi connectivity index (χ0) is 22.1. The molecule has 1 aliphatic heterocycles. The van der Waals surface area contributed by atoms with E-state index in [0.29, 0.717) is 5.92 Å². The van der Waals surface area contributed by atoms with E-state index in [0.717, 1.165) is 42.5 Å². The van der Waals surface area contributed by atoms with Crippen molar-refractivity contribution < 1.29 is 10.2 Å². The molecule has 1 aromatic heterocycles. The molecule has 2 aromatic rings. The first-order valence-corrected chi connectivity index (χ1v) is 10.9. The van der Waals surface area contributed by atoms with E-state index in [2.05, 4.69) is 50.0 Å². The van der Waals surface area contributed by atoms with Gasteiger partial charge >= 0.3 is 0 Å². The molecule has 1 atom stereocenters. The molecule has 0 saturated heterocycles. The van der Waals surface area contributed by atoms with Gasteiger partial charge in [-0.1, -0.05) is 45.9 Å². The number of aromatic nitrogens is 2. The SMILES string of the molecule is CC(C)c1nc(N[C@H](CO)C(C)C)cc(N2CCc3cc(C(C)(C)O)ccc3C2)n1. The van der Waals surface area contributed by atoms with Crippen molar-refractivity contribution in [3.8, 4) is 0 Å².